The van der Waals surface area contributed by atoms with Gasteiger partial charge in [0.05, 0.1) is 10.7 Å². The number of halogens is 1. The second-order valence-electron chi connectivity index (χ2n) is 4.30. The van der Waals surface area contributed by atoms with Gasteiger partial charge in [0, 0.05) is 6.20 Å². The average molecular weight is 240 g/mol. The van der Waals surface area contributed by atoms with Crippen LogP contribution in [0.1, 0.15) is 57.6 Å². The van der Waals surface area contributed by atoms with Crippen LogP contribution in [-0.4, -0.2) is 4.98 Å². The Morgan fingerprint density at radius 1 is 1.06 bits per heavy atom. The first kappa shape index (κ1) is 13.5. The third kappa shape index (κ3) is 5.50. The summed E-state index contributed by atoms with van der Waals surface area (Å²) < 4.78 is 0. The minimum Gasteiger partial charge on any atom is -0.260 e. The topological polar surface area (TPSA) is 12.9 Å². The van der Waals surface area contributed by atoms with E-state index in [-0.39, 0.29) is 0 Å². The summed E-state index contributed by atoms with van der Waals surface area (Å²) in [5.74, 6) is 0. The molecule has 0 aliphatic carbocycles. The Hall–Kier alpha value is -0.560. The zero-order valence-corrected chi connectivity index (χ0v) is 11.0. The van der Waals surface area contributed by atoms with E-state index in [0.29, 0.717) is 0 Å². The molecule has 0 spiro atoms. The van der Waals surface area contributed by atoms with Crippen LogP contribution in [0.2, 0.25) is 5.02 Å². The molecular weight excluding hydrogens is 218 g/mol. The van der Waals surface area contributed by atoms with Crippen LogP contribution < -0.4 is 0 Å². The highest BCUT2D eigenvalue weighted by Crippen LogP contribution is 2.15. The number of hydrogen-bond acceptors (Lipinski definition) is 1. The standard InChI is InChI=1S/C14H22ClN/c1-2-3-4-5-6-7-8-11-14-13(15)10-9-12-16-14/h9-10,12H,2-8,11H2,1H3. The van der Waals surface area contributed by atoms with Crippen molar-refractivity contribution >= 4 is 11.6 Å². The molecule has 1 heterocycles. The van der Waals surface area contributed by atoms with E-state index in [2.05, 4.69) is 11.9 Å². The van der Waals surface area contributed by atoms with Gasteiger partial charge in [-0.05, 0) is 25.0 Å². The summed E-state index contributed by atoms with van der Waals surface area (Å²) in [4.78, 5) is 4.29. The zero-order chi connectivity index (χ0) is 11.6. The van der Waals surface area contributed by atoms with Crippen LogP contribution in [0.15, 0.2) is 18.3 Å². The lowest BCUT2D eigenvalue weighted by Gasteiger charge is -2.03. The SMILES string of the molecule is CCCCCCCCCc1ncccc1Cl. The first-order valence-corrected chi connectivity index (χ1v) is 6.81. The molecule has 1 rings (SSSR count). The van der Waals surface area contributed by atoms with E-state index in [1.807, 2.05) is 18.3 Å². The maximum atomic E-state index is 6.04. The van der Waals surface area contributed by atoms with Gasteiger partial charge in [0.25, 0.3) is 0 Å². The fourth-order valence-electron chi connectivity index (χ4n) is 1.85. The molecule has 0 amide bonds. The highest BCUT2D eigenvalue weighted by molar-refractivity contribution is 6.31. The normalized spacial score (nSPS) is 10.6. The molecular formula is C14H22ClN. The second kappa shape index (κ2) is 8.58. The lowest BCUT2D eigenvalue weighted by molar-refractivity contribution is 0.587. The van der Waals surface area contributed by atoms with Gasteiger partial charge in [0.15, 0.2) is 0 Å². The third-order valence-corrected chi connectivity index (χ3v) is 3.20. The fourth-order valence-corrected chi connectivity index (χ4v) is 2.07. The molecule has 16 heavy (non-hydrogen) atoms. The minimum atomic E-state index is 0.813. The molecule has 1 aromatic rings. The Kier molecular flexibility index (Phi) is 7.24. The van der Waals surface area contributed by atoms with Crippen molar-refractivity contribution in [2.75, 3.05) is 0 Å². The molecule has 0 N–H and O–H groups in total. The van der Waals surface area contributed by atoms with Crippen molar-refractivity contribution < 1.29 is 0 Å². The Labute approximate surface area is 104 Å². The van der Waals surface area contributed by atoms with Crippen LogP contribution >= 0.6 is 11.6 Å². The van der Waals surface area contributed by atoms with Gasteiger partial charge >= 0.3 is 0 Å². The number of pyridine rings is 1. The predicted molar refractivity (Wildman–Crippen MR) is 70.9 cm³/mol. The molecule has 1 nitrogen and oxygen atoms in total. The molecule has 0 fully saturated rings. The average Bonchev–Trinajstić information content (AvgIpc) is 2.30. The Bertz CT molecular complexity index is 286. The summed E-state index contributed by atoms with van der Waals surface area (Å²) in [6.45, 7) is 2.25. The Morgan fingerprint density at radius 2 is 1.75 bits per heavy atom. The molecule has 1 aromatic heterocycles. The van der Waals surface area contributed by atoms with E-state index in [0.717, 1.165) is 17.1 Å². The molecule has 0 unspecified atom stereocenters. The van der Waals surface area contributed by atoms with E-state index in [4.69, 9.17) is 11.6 Å². The highest BCUT2D eigenvalue weighted by atomic mass is 35.5. The number of aromatic nitrogens is 1. The van der Waals surface area contributed by atoms with Gasteiger partial charge in [0.1, 0.15) is 0 Å². The summed E-state index contributed by atoms with van der Waals surface area (Å²) in [6.07, 6.45) is 12.2. The van der Waals surface area contributed by atoms with Gasteiger partial charge in [0.2, 0.25) is 0 Å². The summed E-state index contributed by atoms with van der Waals surface area (Å²) in [6, 6.07) is 3.81. The largest absolute Gasteiger partial charge is 0.260 e. The smallest absolute Gasteiger partial charge is 0.0621 e. The van der Waals surface area contributed by atoms with Crippen molar-refractivity contribution in [3.63, 3.8) is 0 Å². The molecule has 90 valence electrons. The van der Waals surface area contributed by atoms with Crippen molar-refractivity contribution in [2.45, 2.75) is 58.3 Å². The van der Waals surface area contributed by atoms with E-state index >= 15 is 0 Å². The number of nitrogens with zero attached hydrogens (tertiary/aromatic N) is 1. The monoisotopic (exact) mass is 239 g/mol. The van der Waals surface area contributed by atoms with Crippen LogP contribution in [0.3, 0.4) is 0 Å². The summed E-state index contributed by atoms with van der Waals surface area (Å²) in [5.41, 5.74) is 1.05. The van der Waals surface area contributed by atoms with Crippen LogP contribution in [0.25, 0.3) is 0 Å². The zero-order valence-electron chi connectivity index (χ0n) is 10.2. The quantitative estimate of drug-likeness (QED) is 0.580. The van der Waals surface area contributed by atoms with Gasteiger partial charge in [-0.3, -0.25) is 4.98 Å². The molecule has 0 bridgehead atoms. The van der Waals surface area contributed by atoms with Crippen molar-refractivity contribution in [3.05, 3.63) is 29.0 Å². The lowest BCUT2D eigenvalue weighted by Crippen LogP contribution is -1.91. The lowest BCUT2D eigenvalue weighted by atomic mass is 10.1. The maximum Gasteiger partial charge on any atom is 0.0621 e. The van der Waals surface area contributed by atoms with Gasteiger partial charge < -0.3 is 0 Å². The summed E-state index contributed by atoms with van der Waals surface area (Å²) in [7, 11) is 0. The first-order chi connectivity index (χ1) is 7.84. The van der Waals surface area contributed by atoms with Gasteiger partial charge in [-0.2, -0.15) is 0 Å². The van der Waals surface area contributed by atoms with Crippen LogP contribution in [0.5, 0.6) is 0 Å². The van der Waals surface area contributed by atoms with Crippen LogP contribution in [0, 0.1) is 0 Å². The van der Waals surface area contributed by atoms with Crippen LogP contribution in [-0.2, 0) is 6.42 Å². The van der Waals surface area contributed by atoms with Crippen molar-refractivity contribution in [3.8, 4) is 0 Å². The summed E-state index contributed by atoms with van der Waals surface area (Å²) >= 11 is 6.04. The molecule has 0 saturated heterocycles. The fraction of sp³-hybridized carbons (Fsp3) is 0.643. The second-order valence-corrected chi connectivity index (χ2v) is 4.71. The van der Waals surface area contributed by atoms with E-state index in [1.165, 1.54) is 44.9 Å². The molecule has 0 atom stereocenters. The van der Waals surface area contributed by atoms with Gasteiger partial charge in [-0.1, -0.05) is 57.0 Å². The van der Waals surface area contributed by atoms with E-state index < -0.39 is 0 Å². The van der Waals surface area contributed by atoms with Gasteiger partial charge in [-0.25, -0.2) is 0 Å². The van der Waals surface area contributed by atoms with Crippen molar-refractivity contribution in [2.24, 2.45) is 0 Å². The predicted octanol–water partition coefficient (Wildman–Crippen LogP) is 5.03. The van der Waals surface area contributed by atoms with E-state index in [1.54, 1.807) is 0 Å². The molecule has 0 aromatic carbocycles. The Morgan fingerprint density at radius 3 is 2.44 bits per heavy atom. The minimum absolute atomic E-state index is 0.813. The summed E-state index contributed by atoms with van der Waals surface area (Å²) in [5, 5.41) is 0.813. The van der Waals surface area contributed by atoms with E-state index in [9.17, 15) is 0 Å². The molecule has 2 heteroatoms. The molecule has 0 radical (unpaired) electrons. The number of aryl methyl sites for hydroxylation is 1. The van der Waals surface area contributed by atoms with Crippen molar-refractivity contribution in [1.29, 1.82) is 0 Å². The first-order valence-electron chi connectivity index (χ1n) is 6.44. The van der Waals surface area contributed by atoms with Crippen molar-refractivity contribution in [1.82, 2.24) is 4.98 Å². The molecule has 0 aliphatic rings. The van der Waals surface area contributed by atoms with Gasteiger partial charge in [-0.15, -0.1) is 0 Å². The number of rotatable bonds is 8. The molecule has 0 aliphatic heterocycles. The maximum absolute atomic E-state index is 6.04. The Balaban J connectivity index is 2.05. The number of hydrogen-bond donors (Lipinski definition) is 0. The highest BCUT2D eigenvalue weighted by Gasteiger charge is 1.99. The van der Waals surface area contributed by atoms with Crippen LogP contribution in [0.4, 0.5) is 0 Å². The molecule has 0 saturated carbocycles. The number of unbranched alkanes of at least 4 members (excludes halogenated alkanes) is 6. The third-order valence-electron chi connectivity index (χ3n) is 2.85.